The molecule has 24 heavy (non-hydrogen) atoms. The second kappa shape index (κ2) is 5.92. The fourth-order valence-corrected chi connectivity index (χ4v) is 3.42. The van der Waals surface area contributed by atoms with E-state index in [0.717, 1.165) is 29.1 Å². The van der Waals surface area contributed by atoms with E-state index < -0.39 is 21.2 Å². The number of rotatable bonds is 4. The Bertz CT molecular complexity index is 891. The molecule has 0 fully saturated rings. The van der Waals surface area contributed by atoms with Gasteiger partial charge in [-0.15, -0.1) is 0 Å². The van der Waals surface area contributed by atoms with Crippen LogP contribution in [0.25, 0.3) is 0 Å². The lowest BCUT2D eigenvalue weighted by Crippen LogP contribution is -2.08. The Labute approximate surface area is 139 Å². The van der Waals surface area contributed by atoms with Gasteiger partial charge >= 0.3 is 5.69 Å². The standard InChI is InChI=1S/C13H11N5O5S/c1-8-12(15-4-5-24-13(15)14-8)7-16(19)10-3-2-9(17(20)21)6-11(10)18(22)23/h2-3,6-7H,4-5H2,1H3/b16-7+. The van der Waals surface area contributed by atoms with Crippen LogP contribution in [-0.2, 0) is 6.54 Å². The van der Waals surface area contributed by atoms with E-state index in [4.69, 9.17) is 0 Å². The van der Waals surface area contributed by atoms with E-state index >= 15 is 0 Å². The van der Waals surface area contributed by atoms with Gasteiger partial charge in [0.25, 0.3) is 11.4 Å². The van der Waals surface area contributed by atoms with Gasteiger partial charge in [-0.2, -0.15) is 4.74 Å². The number of fused-ring (bicyclic) bond motifs is 1. The highest BCUT2D eigenvalue weighted by Crippen LogP contribution is 2.31. The predicted octanol–water partition coefficient (Wildman–Crippen LogP) is 2.37. The van der Waals surface area contributed by atoms with E-state index in [1.54, 1.807) is 18.7 Å². The number of non-ortho nitro benzene ring substituents is 1. The van der Waals surface area contributed by atoms with Gasteiger partial charge in [-0.3, -0.25) is 20.2 Å². The topological polar surface area (TPSA) is 130 Å². The van der Waals surface area contributed by atoms with Gasteiger partial charge in [0.15, 0.2) is 5.16 Å². The number of nitrogens with zero attached hydrogens (tertiary/aromatic N) is 5. The predicted molar refractivity (Wildman–Crippen MR) is 85.9 cm³/mol. The minimum atomic E-state index is -0.815. The maximum absolute atomic E-state index is 12.4. The molecule has 10 nitrogen and oxygen atoms in total. The first-order chi connectivity index (χ1) is 11.4. The van der Waals surface area contributed by atoms with Crippen molar-refractivity contribution in [2.45, 2.75) is 18.6 Å². The molecule has 0 radical (unpaired) electrons. The molecule has 0 amide bonds. The second-order valence-corrected chi connectivity index (χ2v) is 6.07. The second-order valence-electron chi connectivity index (χ2n) is 5.01. The number of hydrogen-bond donors (Lipinski definition) is 0. The van der Waals surface area contributed by atoms with Gasteiger partial charge in [-0.05, 0) is 6.92 Å². The Kier molecular flexibility index (Phi) is 3.93. The van der Waals surface area contributed by atoms with Crippen LogP contribution in [0.2, 0.25) is 0 Å². The summed E-state index contributed by atoms with van der Waals surface area (Å²) in [5.74, 6) is 0.847. The fraction of sp³-hybridized carbons (Fsp3) is 0.231. The van der Waals surface area contributed by atoms with E-state index in [1.807, 2.05) is 4.57 Å². The highest BCUT2D eigenvalue weighted by atomic mass is 32.2. The molecule has 0 saturated heterocycles. The highest BCUT2D eigenvalue weighted by Gasteiger charge is 2.26. The molecule has 0 bridgehead atoms. The van der Waals surface area contributed by atoms with Crippen molar-refractivity contribution in [1.82, 2.24) is 9.55 Å². The number of thioether (sulfide) groups is 1. The first kappa shape index (κ1) is 15.9. The van der Waals surface area contributed by atoms with Crippen LogP contribution in [0, 0.1) is 32.4 Å². The van der Waals surface area contributed by atoms with Crippen molar-refractivity contribution in [3.05, 3.63) is 55.0 Å². The largest absolute Gasteiger partial charge is 0.618 e. The van der Waals surface area contributed by atoms with Crippen LogP contribution in [-0.4, -0.2) is 36.1 Å². The molecule has 1 aromatic carbocycles. The van der Waals surface area contributed by atoms with Gasteiger partial charge in [-0.1, -0.05) is 11.8 Å². The first-order valence-electron chi connectivity index (χ1n) is 6.82. The van der Waals surface area contributed by atoms with Crippen LogP contribution < -0.4 is 0 Å². The van der Waals surface area contributed by atoms with Crippen molar-refractivity contribution in [2.24, 2.45) is 0 Å². The van der Waals surface area contributed by atoms with Crippen LogP contribution >= 0.6 is 11.8 Å². The van der Waals surface area contributed by atoms with E-state index in [9.17, 15) is 25.4 Å². The fourth-order valence-electron chi connectivity index (χ4n) is 2.42. The molecular formula is C13H11N5O5S. The Morgan fingerprint density at radius 2 is 1.96 bits per heavy atom. The van der Waals surface area contributed by atoms with Crippen molar-refractivity contribution in [1.29, 1.82) is 0 Å². The molecule has 0 atom stereocenters. The molecule has 11 heteroatoms. The summed E-state index contributed by atoms with van der Waals surface area (Å²) in [5, 5.41) is 35.1. The summed E-state index contributed by atoms with van der Waals surface area (Å²) in [6, 6.07) is 2.91. The van der Waals surface area contributed by atoms with Gasteiger partial charge in [0.2, 0.25) is 6.21 Å². The van der Waals surface area contributed by atoms with Gasteiger partial charge in [0.1, 0.15) is 11.8 Å². The van der Waals surface area contributed by atoms with Gasteiger partial charge in [0, 0.05) is 24.4 Å². The summed E-state index contributed by atoms with van der Waals surface area (Å²) in [6.45, 7) is 2.44. The number of hydrogen-bond acceptors (Lipinski definition) is 7. The number of benzene rings is 1. The highest BCUT2D eigenvalue weighted by molar-refractivity contribution is 7.99. The molecule has 0 spiro atoms. The van der Waals surface area contributed by atoms with Crippen molar-refractivity contribution < 1.29 is 14.6 Å². The summed E-state index contributed by atoms with van der Waals surface area (Å²) in [7, 11) is 0. The van der Waals surface area contributed by atoms with E-state index in [2.05, 4.69) is 4.98 Å². The molecule has 1 aliphatic heterocycles. The number of nitro benzene ring substituents is 2. The Balaban J connectivity index is 2.09. The molecule has 3 rings (SSSR count). The van der Waals surface area contributed by atoms with Crippen LogP contribution in [0.5, 0.6) is 0 Å². The van der Waals surface area contributed by atoms with Gasteiger partial charge in [0.05, 0.1) is 15.5 Å². The first-order valence-corrected chi connectivity index (χ1v) is 7.81. The maximum atomic E-state index is 12.4. The Morgan fingerprint density at radius 3 is 2.62 bits per heavy atom. The quantitative estimate of drug-likeness (QED) is 0.272. The molecular weight excluding hydrogens is 338 g/mol. The summed E-state index contributed by atoms with van der Waals surface area (Å²) in [5.41, 5.74) is -0.133. The third-order valence-electron chi connectivity index (χ3n) is 3.55. The number of imidazole rings is 1. The lowest BCUT2D eigenvalue weighted by Gasteiger charge is -2.05. The third-order valence-corrected chi connectivity index (χ3v) is 4.50. The molecule has 124 valence electrons. The van der Waals surface area contributed by atoms with Crippen LogP contribution in [0.1, 0.15) is 11.4 Å². The molecule has 2 aromatic rings. The third kappa shape index (κ3) is 2.69. The smallest absolute Gasteiger partial charge is 0.348 e. The van der Waals surface area contributed by atoms with Crippen LogP contribution in [0.4, 0.5) is 17.1 Å². The SMILES string of the molecule is Cc1nc2n(c1/C=[N+](/[O-])c1ccc([N+](=O)[O-])cc1[N+](=O)[O-])CCS2. The minimum absolute atomic E-state index is 0.272. The van der Waals surface area contributed by atoms with Crippen molar-refractivity contribution in [2.75, 3.05) is 5.75 Å². The zero-order chi connectivity index (χ0) is 17.4. The molecule has 0 unspecified atom stereocenters. The molecule has 1 aromatic heterocycles. The lowest BCUT2D eigenvalue weighted by atomic mass is 10.2. The van der Waals surface area contributed by atoms with Crippen molar-refractivity contribution >= 4 is 35.0 Å². The van der Waals surface area contributed by atoms with Gasteiger partial charge < -0.3 is 9.77 Å². The van der Waals surface area contributed by atoms with E-state index in [-0.39, 0.29) is 5.69 Å². The van der Waals surface area contributed by atoms with Crippen LogP contribution in [0.15, 0.2) is 23.4 Å². The summed E-state index contributed by atoms with van der Waals surface area (Å²) >= 11 is 1.57. The van der Waals surface area contributed by atoms with Crippen molar-refractivity contribution in [3.8, 4) is 0 Å². The average molecular weight is 349 g/mol. The maximum Gasteiger partial charge on any atom is 0.348 e. The summed E-state index contributed by atoms with van der Waals surface area (Å²) in [4.78, 5) is 24.7. The minimum Gasteiger partial charge on any atom is -0.618 e. The average Bonchev–Trinajstić information content (AvgIpc) is 3.09. The zero-order valence-electron chi connectivity index (χ0n) is 12.4. The number of aromatic nitrogens is 2. The summed E-state index contributed by atoms with van der Waals surface area (Å²) in [6.07, 6.45) is 1.21. The molecule has 0 aliphatic carbocycles. The number of nitro groups is 2. The normalized spacial score (nSPS) is 13.8. The number of aryl methyl sites for hydroxylation is 1. The monoisotopic (exact) mass is 349 g/mol. The molecule has 2 heterocycles. The van der Waals surface area contributed by atoms with Gasteiger partial charge in [-0.25, -0.2) is 4.98 Å². The molecule has 0 N–H and O–H groups in total. The Hall–Kier alpha value is -2.95. The summed E-state index contributed by atoms with van der Waals surface area (Å²) < 4.78 is 2.21. The van der Waals surface area contributed by atoms with E-state index in [1.165, 1.54) is 6.21 Å². The molecule has 1 aliphatic rings. The zero-order valence-corrected chi connectivity index (χ0v) is 13.2. The van der Waals surface area contributed by atoms with E-state index in [0.29, 0.717) is 22.7 Å². The lowest BCUT2D eigenvalue weighted by molar-refractivity contribution is -0.413. The molecule has 0 saturated carbocycles. The van der Waals surface area contributed by atoms with Crippen molar-refractivity contribution in [3.63, 3.8) is 0 Å². The Morgan fingerprint density at radius 1 is 1.21 bits per heavy atom. The van der Waals surface area contributed by atoms with Crippen LogP contribution in [0.3, 0.4) is 0 Å².